The molecule has 154 valence electrons. The summed E-state index contributed by atoms with van der Waals surface area (Å²) in [5.74, 6) is -1.21. The van der Waals surface area contributed by atoms with Gasteiger partial charge in [0.05, 0.1) is 12.7 Å². The Labute approximate surface area is 168 Å². The molecular weight excluding hydrogens is 378 g/mol. The fraction of sp³-hybridized carbons (Fsp3) is 0.364. The van der Waals surface area contributed by atoms with Gasteiger partial charge in [0.1, 0.15) is 5.82 Å². The van der Waals surface area contributed by atoms with E-state index in [1.807, 2.05) is 0 Å². The Kier molecular flexibility index (Phi) is 6.80. The number of benzene rings is 2. The number of amides is 2. The number of ether oxygens (including phenoxy) is 1. The lowest BCUT2D eigenvalue weighted by Crippen LogP contribution is -2.37. The normalized spacial score (nSPS) is 14.4. The Morgan fingerprint density at radius 2 is 1.69 bits per heavy atom. The molecule has 2 amide bonds. The Bertz CT molecular complexity index is 888. The highest BCUT2D eigenvalue weighted by molar-refractivity contribution is 5.94. The van der Waals surface area contributed by atoms with Crippen LogP contribution in [0.4, 0.5) is 8.78 Å². The molecule has 7 heteroatoms. The van der Waals surface area contributed by atoms with Crippen LogP contribution in [0.1, 0.15) is 28.8 Å². The lowest BCUT2D eigenvalue weighted by atomic mass is 10.1. The highest BCUT2D eigenvalue weighted by Crippen LogP contribution is 2.19. The Morgan fingerprint density at radius 3 is 2.41 bits per heavy atom. The molecule has 29 heavy (non-hydrogen) atoms. The number of methoxy groups -OCH3 is 1. The quantitative estimate of drug-likeness (QED) is 0.771. The van der Waals surface area contributed by atoms with Crippen LogP contribution in [0.5, 0.6) is 5.75 Å². The molecule has 0 aromatic heterocycles. The summed E-state index contributed by atoms with van der Waals surface area (Å²) >= 11 is 0. The van der Waals surface area contributed by atoms with Crippen LogP contribution in [0.15, 0.2) is 42.5 Å². The fourth-order valence-corrected chi connectivity index (χ4v) is 3.45. The van der Waals surface area contributed by atoms with Gasteiger partial charge >= 0.3 is 0 Å². The van der Waals surface area contributed by atoms with Crippen molar-refractivity contribution in [3.63, 3.8) is 0 Å². The second-order valence-corrected chi connectivity index (χ2v) is 6.98. The van der Waals surface area contributed by atoms with Gasteiger partial charge in [-0.25, -0.2) is 8.78 Å². The number of carbonyl (C=O) groups excluding carboxylic acids is 2. The van der Waals surface area contributed by atoms with Crippen molar-refractivity contribution in [2.45, 2.75) is 19.3 Å². The Hall–Kier alpha value is -2.96. The molecule has 0 unspecified atom stereocenters. The molecule has 1 aliphatic heterocycles. The van der Waals surface area contributed by atoms with Gasteiger partial charge in [0.25, 0.3) is 5.91 Å². The number of halogens is 2. The predicted octanol–water partition coefficient (Wildman–Crippen LogP) is 3.28. The minimum Gasteiger partial charge on any atom is -0.494 e. The third-order valence-corrected chi connectivity index (χ3v) is 5.08. The molecule has 3 rings (SSSR count). The highest BCUT2D eigenvalue weighted by atomic mass is 19.1. The lowest BCUT2D eigenvalue weighted by molar-refractivity contribution is -0.131. The number of aryl methyl sites for hydroxylation is 1. The number of hydrogen-bond donors (Lipinski definition) is 0. The van der Waals surface area contributed by atoms with Gasteiger partial charge in [-0.1, -0.05) is 18.2 Å². The molecule has 0 bridgehead atoms. The van der Waals surface area contributed by atoms with Gasteiger partial charge in [-0.05, 0) is 42.7 Å². The molecule has 0 atom stereocenters. The first-order valence-corrected chi connectivity index (χ1v) is 9.63. The average molecular weight is 402 g/mol. The fourth-order valence-electron chi connectivity index (χ4n) is 3.45. The van der Waals surface area contributed by atoms with Crippen molar-refractivity contribution in [3.8, 4) is 5.75 Å². The van der Waals surface area contributed by atoms with Gasteiger partial charge < -0.3 is 14.5 Å². The minimum atomic E-state index is -0.540. The van der Waals surface area contributed by atoms with E-state index in [1.54, 1.807) is 34.1 Å². The molecule has 2 aromatic carbocycles. The molecule has 0 radical (unpaired) electrons. The number of rotatable bonds is 5. The van der Waals surface area contributed by atoms with Crippen molar-refractivity contribution in [1.29, 1.82) is 0 Å². The molecule has 1 fully saturated rings. The van der Waals surface area contributed by atoms with Gasteiger partial charge in [-0.3, -0.25) is 9.59 Å². The zero-order valence-electron chi connectivity index (χ0n) is 16.4. The smallest absolute Gasteiger partial charge is 0.256 e. The van der Waals surface area contributed by atoms with Crippen LogP contribution in [-0.2, 0) is 11.2 Å². The summed E-state index contributed by atoms with van der Waals surface area (Å²) in [4.78, 5) is 28.5. The SMILES string of the molecule is COc1ccc(CCC(=O)N2CCCN(C(=O)c3ccccc3F)CC2)cc1F. The molecule has 2 aromatic rings. The van der Waals surface area contributed by atoms with E-state index >= 15 is 0 Å². The summed E-state index contributed by atoms with van der Waals surface area (Å²) in [5.41, 5.74) is 0.775. The second-order valence-electron chi connectivity index (χ2n) is 6.98. The van der Waals surface area contributed by atoms with E-state index in [1.165, 1.54) is 25.3 Å². The first-order chi connectivity index (χ1) is 14.0. The summed E-state index contributed by atoms with van der Waals surface area (Å²) in [7, 11) is 1.40. The number of carbonyl (C=O) groups is 2. The van der Waals surface area contributed by atoms with Crippen LogP contribution in [0.25, 0.3) is 0 Å². The van der Waals surface area contributed by atoms with Gasteiger partial charge in [0.2, 0.25) is 5.91 Å². The van der Waals surface area contributed by atoms with Crippen molar-refractivity contribution in [2.24, 2.45) is 0 Å². The zero-order chi connectivity index (χ0) is 20.8. The summed E-state index contributed by atoms with van der Waals surface area (Å²) in [5, 5.41) is 0. The topological polar surface area (TPSA) is 49.9 Å². The highest BCUT2D eigenvalue weighted by Gasteiger charge is 2.24. The van der Waals surface area contributed by atoms with E-state index < -0.39 is 11.6 Å². The van der Waals surface area contributed by atoms with Crippen molar-refractivity contribution < 1.29 is 23.1 Å². The molecule has 1 heterocycles. The predicted molar refractivity (Wildman–Crippen MR) is 105 cm³/mol. The van der Waals surface area contributed by atoms with Gasteiger partial charge in [0, 0.05) is 32.6 Å². The van der Waals surface area contributed by atoms with E-state index in [9.17, 15) is 18.4 Å². The molecule has 0 N–H and O–H groups in total. The number of nitrogens with zero attached hydrogens (tertiary/aromatic N) is 2. The van der Waals surface area contributed by atoms with E-state index in [0.29, 0.717) is 39.0 Å². The third kappa shape index (κ3) is 5.10. The van der Waals surface area contributed by atoms with Crippen LogP contribution >= 0.6 is 0 Å². The van der Waals surface area contributed by atoms with Crippen LogP contribution in [0.3, 0.4) is 0 Å². The lowest BCUT2D eigenvalue weighted by Gasteiger charge is -2.22. The van der Waals surface area contributed by atoms with E-state index in [4.69, 9.17) is 4.74 Å². The molecule has 1 saturated heterocycles. The van der Waals surface area contributed by atoms with Gasteiger partial charge in [-0.2, -0.15) is 0 Å². The summed E-state index contributed by atoms with van der Waals surface area (Å²) < 4.78 is 32.6. The van der Waals surface area contributed by atoms with E-state index in [0.717, 1.165) is 5.56 Å². The van der Waals surface area contributed by atoms with Crippen molar-refractivity contribution in [1.82, 2.24) is 9.80 Å². The maximum atomic E-state index is 13.9. The molecule has 5 nitrogen and oxygen atoms in total. The van der Waals surface area contributed by atoms with Gasteiger partial charge in [0.15, 0.2) is 11.6 Å². The standard InChI is InChI=1S/C22H24F2N2O3/c1-29-20-9-7-16(15-19(20)24)8-10-21(27)25-11-4-12-26(14-13-25)22(28)17-5-2-3-6-18(17)23/h2-3,5-7,9,15H,4,8,10-14H2,1H3. The molecular formula is C22H24F2N2O3. The summed E-state index contributed by atoms with van der Waals surface area (Å²) in [6.07, 6.45) is 1.31. The maximum absolute atomic E-state index is 13.9. The minimum absolute atomic E-state index is 0.0404. The molecule has 1 aliphatic rings. The second kappa shape index (κ2) is 9.49. The first-order valence-electron chi connectivity index (χ1n) is 9.63. The zero-order valence-corrected chi connectivity index (χ0v) is 16.4. The third-order valence-electron chi connectivity index (χ3n) is 5.08. The van der Waals surface area contributed by atoms with E-state index in [2.05, 4.69) is 0 Å². The monoisotopic (exact) mass is 402 g/mol. The molecule has 0 saturated carbocycles. The first kappa shape index (κ1) is 20.8. The van der Waals surface area contributed by atoms with Crippen LogP contribution in [-0.4, -0.2) is 54.9 Å². The van der Waals surface area contributed by atoms with Crippen molar-refractivity contribution in [2.75, 3.05) is 33.3 Å². The van der Waals surface area contributed by atoms with Crippen LogP contribution in [0, 0.1) is 11.6 Å². The van der Waals surface area contributed by atoms with Crippen molar-refractivity contribution >= 4 is 11.8 Å². The molecule has 0 aliphatic carbocycles. The number of hydrogen-bond acceptors (Lipinski definition) is 3. The Balaban J connectivity index is 1.55. The van der Waals surface area contributed by atoms with E-state index in [-0.39, 0.29) is 29.5 Å². The van der Waals surface area contributed by atoms with Gasteiger partial charge in [-0.15, -0.1) is 0 Å². The summed E-state index contributed by atoms with van der Waals surface area (Å²) in [6, 6.07) is 10.6. The van der Waals surface area contributed by atoms with Crippen molar-refractivity contribution in [3.05, 3.63) is 65.2 Å². The maximum Gasteiger partial charge on any atom is 0.256 e. The Morgan fingerprint density at radius 1 is 0.966 bits per heavy atom. The van der Waals surface area contributed by atoms with Crippen LogP contribution < -0.4 is 4.74 Å². The largest absolute Gasteiger partial charge is 0.494 e. The van der Waals surface area contributed by atoms with Crippen LogP contribution in [0.2, 0.25) is 0 Å². The average Bonchev–Trinajstić information content (AvgIpc) is 2.98. The molecule has 0 spiro atoms. The summed E-state index contributed by atoms with van der Waals surface area (Å²) in [6.45, 7) is 1.77.